The summed E-state index contributed by atoms with van der Waals surface area (Å²) in [4.78, 5) is 18.6. The van der Waals surface area contributed by atoms with E-state index in [0.717, 1.165) is 37.5 Å². The second kappa shape index (κ2) is 8.12. The van der Waals surface area contributed by atoms with Crippen molar-refractivity contribution in [1.29, 1.82) is 0 Å². The standard InChI is InChI=1S/C15H27N5O/c1-3-5-13-17-14(19-18-13)15(21)16-8-4-9-20-10-6-12(2)7-11-20/h12H,3-11H2,1-2H3,(H,16,21)(H,17,18,19). The van der Waals surface area contributed by atoms with E-state index in [-0.39, 0.29) is 11.7 Å². The zero-order valence-electron chi connectivity index (χ0n) is 13.2. The van der Waals surface area contributed by atoms with Crippen molar-refractivity contribution in [3.8, 4) is 0 Å². The van der Waals surface area contributed by atoms with E-state index < -0.39 is 0 Å². The van der Waals surface area contributed by atoms with Crippen LogP contribution in [-0.4, -0.2) is 52.2 Å². The van der Waals surface area contributed by atoms with Crippen LogP contribution in [0, 0.1) is 5.92 Å². The minimum atomic E-state index is -0.180. The number of nitrogens with one attached hydrogen (secondary N) is 2. The molecule has 1 aromatic heterocycles. The van der Waals surface area contributed by atoms with Crippen LogP contribution in [0.1, 0.15) is 56.0 Å². The Kier molecular flexibility index (Phi) is 6.17. The molecule has 0 atom stereocenters. The molecule has 0 spiro atoms. The molecule has 1 aliphatic rings. The third-order valence-corrected chi connectivity index (χ3v) is 4.03. The Bertz CT molecular complexity index is 437. The number of aromatic amines is 1. The third kappa shape index (κ3) is 5.12. The zero-order chi connectivity index (χ0) is 15.1. The van der Waals surface area contributed by atoms with Crippen molar-refractivity contribution in [2.75, 3.05) is 26.2 Å². The van der Waals surface area contributed by atoms with Gasteiger partial charge in [0, 0.05) is 13.0 Å². The predicted molar refractivity (Wildman–Crippen MR) is 82.2 cm³/mol. The van der Waals surface area contributed by atoms with Crippen LogP contribution < -0.4 is 5.32 Å². The first-order chi connectivity index (χ1) is 10.2. The van der Waals surface area contributed by atoms with Gasteiger partial charge in [-0.1, -0.05) is 13.8 Å². The summed E-state index contributed by atoms with van der Waals surface area (Å²) in [6, 6.07) is 0. The molecule has 1 amide bonds. The van der Waals surface area contributed by atoms with Gasteiger partial charge in [-0.25, -0.2) is 4.98 Å². The van der Waals surface area contributed by atoms with Gasteiger partial charge in [-0.15, -0.1) is 5.10 Å². The number of likely N-dealkylation sites (tertiary alicyclic amines) is 1. The van der Waals surface area contributed by atoms with Crippen LogP contribution in [0.5, 0.6) is 0 Å². The Hall–Kier alpha value is -1.43. The van der Waals surface area contributed by atoms with Gasteiger partial charge in [0.25, 0.3) is 5.91 Å². The molecule has 2 rings (SSSR count). The van der Waals surface area contributed by atoms with Gasteiger partial charge in [-0.3, -0.25) is 9.89 Å². The molecule has 2 N–H and O–H groups in total. The van der Waals surface area contributed by atoms with Gasteiger partial charge in [0.15, 0.2) is 0 Å². The lowest BCUT2D eigenvalue weighted by atomic mass is 9.99. The number of aromatic nitrogens is 3. The molecule has 1 aliphatic heterocycles. The van der Waals surface area contributed by atoms with E-state index in [1.54, 1.807) is 0 Å². The Morgan fingerprint density at radius 3 is 2.90 bits per heavy atom. The minimum absolute atomic E-state index is 0.180. The Labute approximate surface area is 126 Å². The van der Waals surface area contributed by atoms with Gasteiger partial charge >= 0.3 is 0 Å². The fraction of sp³-hybridized carbons (Fsp3) is 0.800. The largest absolute Gasteiger partial charge is 0.349 e. The van der Waals surface area contributed by atoms with Crippen LogP contribution in [-0.2, 0) is 6.42 Å². The average Bonchev–Trinajstić information content (AvgIpc) is 2.94. The molecule has 0 aliphatic carbocycles. The molecule has 0 unspecified atom stereocenters. The van der Waals surface area contributed by atoms with E-state index in [4.69, 9.17) is 0 Å². The number of hydrogen-bond donors (Lipinski definition) is 2. The number of carbonyl (C=O) groups excluding carboxylic acids is 1. The summed E-state index contributed by atoms with van der Waals surface area (Å²) in [5.74, 6) is 1.72. The molecule has 1 aromatic rings. The minimum Gasteiger partial charge on any atom is -0.349 e. The van der Waals surface area contributed by atoms with E-state index in [1.807, 2.05) is 0 Å². The van der Waals surface area contributed by atoms with Crippen molar-refractivity contribution >= 4 is 5.91 Å². The third-order valence-electron chi connectivity index (χ3n) is 4.03. The lowest BCUT2D eigenvalue weighted by Gasteiger charge is -2.30. The Balaban J connectivity index is 1.62. The van der Waals surface area contributed by atoms with Gasteiger partial charge in [0.05, 0.1) is 0 Å². The van der Waals surface area contributed by atoms with Gasteiger partial charge in [-0.2, -0.15) is 0 Å². The summed E-state index contributed by atoms with van der Waals surface area (Å²) in [5.41, 5.74) is 0. The van der Waals surface area contributed by atoms with Crippen molar-refractivity contribution < 1.29 is 4.79 Å². The maximum absolute atomic E-state index is 11.9. The van der Waals surface area contributed by atoms with Crippen molar-refractivity contribution in [2.24, 2.45) is 5.92 Å². The van der Waals surface area contributed by atoms with Gasteiger partial charge in [0.1, 0.15) is 5.82 Å². The maximum atomic E-state index is 11.9. The summed E-state index contributed by atoms with van der Waals surface area (Å²) in [5, 5.41) is 9.65. The molecule has 6 nitrogen and oxygen atoms in total. The highest BCUT2D eigenvalue weighted by Gasteiger charge is 2.15. The van der Waals surface area contributed by atoms with Gasteiger partial charge in [-0.05, 0) is 51.2 Å². The molecular formula is C15H27N5O. The van der Waals surface area contributed by atoms with Gasteiger partial charge in [0.2, 0.25) is 5.82 Å². The van der Waals surface area contributed by atoms with Crippen molar-refractivity contribution in [2.45, 2.75) is 46.0 Å². The summed E-state index contributed by atoms with van der Waals surface area (Å²) in [6.45, 7) is 8.52. The van der Waals surface area contributed by atoms with Crippen molar-refractivity contribution in [1.82, 2.24) is 25.4 Å². The first-order valence-electron chi connectivity index (χ1n) is 8.11. The molecule has 0 aromatic carbocycles. The fourth-order valence-electron chi connectivity index (χ4n) is 2.61. The second-order valence-corrected chi connectivity index (χ2v) is 5.99. The normalized spacial score (nSPS) is 17.0. The molecular weight excluding hydrogens is 266 g/mol. The number of aryl methyl sites for hydroxylation is 1. The molecule has 2 heterocycles. The lowest BCUT2D eigenvalue weighted by molar-refractivity contribution is 0.0940. The Morgan fingerprint density at radius 1 is 1.43 bits per heavy atom. The SMILES string of the molecule is CCCc1nc(C(=O)NCCCN2CCC(C)CC2)n[nH]1. The average molecular weight is 293 g/mol. The molecule has 6 heteroatoms. The van der Waals surface area contributed by atoms with Crippen LogP contribution in [0.4, 0.5) is 0 Å². The summed E-state index contributed by atoms with van der Waals surface area (Å²) < 4.78 is 0. The molecule has 0 saturated carbocycles. The highest BCUT2D eigenvalue weighted by atomic mass is 16.2. The number of rotatable bonds is 7. The zero-order valence-corrected chi connectivity index (χ0v) is 13.2. The molecule has 1 saturated heterocycles. The van der Waals surface area contributed by atoms with E-state index in [9.17, 15) is 4.79 Å². The quantitative estimate of drug-likeness (QED) is 0.749. The van der Waals surface area contributed by atoms with Crippen LogP contribution in [0.15, 0.2) is 0 Å². The number of nitrogens with zero attached hydrogens (tertiary/aromatic N) is 3. The van der Waals surface area contributed by atoms with E-state index in [2.05, 4.69) is 39.2 Å². The lowest BCUT2D eigenvalue weighted by Crippen LogP contribution is -2.35. The number of amides is 1. The molecule has 0 bridgehead atoms. The molecule has 0 radical (unpaired) electrons. The van der Waals surface area contributed by atoms with Crippen molar-refractivity contribution in [3.63, 3.8) is 0 Å². The maximum Gasteiger partial charge on any atom is 0.290 e. The van der Waals surface area contributed by atoms with Crippen LogP contribution >= 0.6 is 0 Å². The first-order valence-corrected chi connectivity index (χ1v) is 8.11. The topological polar surface area (TPSA) is 73.9 Å². The Morgan fingerprint density at radius 2 is 2.19 bits per heavy atom. The molecule has 118 valence electrons. The summed E-state index contributed by atoms with van der Waals surface area (Å²) in [7, 11) is 0. The van der Waals surface area contributed by atoms with Crippen molar-refractivity contribution in [3.05, 3.63) is 11.6 Å². The number of H-pyrrole nitrogens is 1. The molecule has 1 fully saturated rings. The second-order valence-electron chi connectivity index (χ2n) is 5.99. The number of hydrogen-bond acceptors (Lipinski definition) is 4. The van der Waals surface area contributed by atoms with Crippen LogP contribution in [0.25, 0.3) is 0 Å². The van der Waals surface area contributed by atoms with Crippen LogP contribution in [0.3, 0.4) is 0 Å². The number of carbonyl (C=O) groups is 1. The predicted octanol–water partition coefficient (Wildman–Crippen LogP) is 1.61. The molecule has 21 heavy (non-hydrogen) atoms. The highest BCUT2D eigenvalue weighted by molar-refractivity contribution is 5.90. The van der Waals surface area contributed by atoms with E-state index >= 15 is 0 Å². The monoisotopic (exact) mass is 293 g/mol. The fourth-order valence-corrected chi connectivity index (χ4v) is 2.61. The smallest absolute Gasteiger partial charge is 0.290 e. The summed E-state index contributed by atoms with van der Waals surface area (Å²) in [6.07, 6.45) is 5.39. The van der Waals surface area contributed by atoms with E-state index in [0.29, 0.717) is 6.54 Å². The first kappa shape index (κ1) is 15.9. The number of piperidine rings is 1. The van der Waals surface area contributed by atoms with Crippen LogP contribution in [0.2, 0.25) is 0 Å². The van der Waals surface area contributed by atoms with E-state index in [1.165, 1.54) is 25.9 Å². The summed E-state index contributed by atoms with van der Waals surface area (Å²) >= 11 is 0. The van der Waals surface area contributed by atoms with Gasteiger partial charge < -0.3 is 10.2 Å². The highest BCUT2D eigenvalue weighted by Crippen LogP contribution is 2.15.